The van der Waals surface area contributed by atoms with Crippen LogP contribution in [-0.4, -0.2) is 13.1 Å². The second kappa shape index (κ2) is 7.10. The lowest BCUT2D eigenvalue weighted by Gasteiger charge is -2.09. The zero-order valence-electron chi connectivity index (χ0n) is 11.0. The van der Waals surface area contributed by atoms with Crippen LogP contribution in [0, 0.1) is 5.92 Å². The van der Waals surface area contributed by atoms with Gasteiger partial charge in [0.25, 0.3) is 0 Å². The van der Waals surface area contributed by atoms with E-state index in [2.05, 4.69) is 31.2 Å². The Hall–Kier alpha value is -1.31. The number of carbonyl (C=O) groups excluding carboxylic acids is 1. The van der Waals surface area contributed by atoms with E-state index in [1.54, 1.807) is 0 Å². The van der Waals surface area contributed by atoms with Crippen LogP contribution in [0.15, 0.2) is 24.3 Å². The number of esters is 1. The summed E-state index contributed by atoms with van der Waals surface area (Å²) in [6.07, 6.45) is 4.35. The molecule has 0 spiro atoms. The largest absolute Gasteiger partial charge is 0.469 e. The predicted octanol–water partition coefficient (Wildman–Crippen LogP) is 3.38. The molecule has 2 nitrogen and oxygen atoms in total. The van der Waals surface area contributed by atoms with Crippen LogP contribution in [0.3, 0.4) is 0 Å². The highest BCUT2D eigenvalue weighted by Crippen LogP contribution is 2.12. The molecule has 0 unspecified atom stereocenters. The van der Waals surface area contributed by atoms with Crippen molar-refractivity contribution in [2.75, 3.05) is 7.11 Å². The van der Waals surface area contributed by atoms with Gasteiger partial charge in [-0.15, -0.1) is 0 Å². The molecule has 0 radical (unpaired) electrons. The predicted molar refractivity (Wildman–Crippen MR) is 69.9 cm³/mol. The van der Waals surface area contributed by atoms with Gasteiger partial charge in [0.05, 0.1) is 13.0 Å². The quantitative estimate of drug-likeness (QED) is 0.705. The fraction of sp³-hybridized carbons (Fsp3) is 0.533. The van der Waals surface area contributed by atoms with Crippen molar-refractivity contribution in [2.45, 2.75) is 39.5 Å². The summed E-state index contributed by atoms with van der Waals surface area (Å²) in [5.41, 5.74) is 2.57. The molecular weight excluding hydrogens is 212 g/mol. The number of rotatable bonds is 6. The average Bonchev–Trinajstić information content (AvgIpc) is 2.37. The molecule has 0 bridgehead atoms. The Morgan fingerprint density at radius 1 is 1.24 bits per heavy atom. The number of benzene rings is 1. The summed E-state index contributed by atoms with van der Waals surface area (Å²) in [5, 5.41) is 0. The third-order valence-electron chi connectivity index (χ3n) is 2.99. The molecule has 0 amide bonds. The first-order chi connectivity index (χ1) is 8.17. The Morgan fingerprint density at radius 2 is 1.82 bits per heavy atom. The van der Waals surface area contributed by atoms with Crippen molar-refractivity contribution >= 4 is 5.97 Å². The van der Waals surface area contributed by atoms with Crippen LogP contribution < -0.4 is 0 Å². The molecule has 0 aliphatic rings. The van der Waals surface area contributed by atoms with E-state index in [0.29, 0.717) is 0 Å². The SMILES string of the molecule is CCCCc1ccc(C[C@@H](C)C(=O)OC)cc1. The molecule has 0 fully saturated rings. The highest BCUT2D eigenvalue weighted by molar-refractivity contribution is 5.72. The number of hydrogen-bond acceptors (Lipinski definition) is 2. The zero-order chi connectivity index (χ0) is 12.7. The van der Waals surface area contributed by atoms with Crippen LogP contribution in [0.25, 0.3) is 0 Å². The van der Waals surface area contributed by atoms with Gasteiger partial charge < -0.3 is 4.74 Å². The molecule has 0 aliphatic heterocycles. The summed E-state index contributed by atoms with van der Waals surface area (Å²) >= 11 is 0. The fourth-order valence-corrected chi connectivity index (χ4v) is 1.86. The van der Waals surface area contributed by atoms with Crippen LogP contribution in [0.2, 0.25) is 0 Å². The lowest BCUT2D eigenvalue weighted by Crippen LogP contribution is -2.15. The first kappa shape index (κ1) is 13.8. The number of ether oxygens (including phenoxy) is 1. The van der Waals surface area contributed by atoms with Crippen LogP contribution in [0.1, 0.15) is 37.8 Å². The summed E-state index contributed by atoms with van der Waals surface area (Å²) in [7, 11) is 1.44. The first-order valence-corrected chi connectivity index (χ1v) is 6.33. The molecule has 0 N–H and O–H groups in total. The standard InChI is InChI=1S/C15H22O2/c1-4-5-6-13-7-9-14(10-8-13)11-12(2)15(16)17-3/h7-10,12H,4-6,11H2,1-3H3/t12-/m1/s1. The van der Waals surface area contributed by atoms with Crippen molar-refractivity contribution in [1.82, 2.24) is 0 Å². The molecule has 2 heteroatoms. The van der Waals surface area contributed by atoms with Gasteiger partial charge in [0.2, 0.25) is 0 Å². The van der Waals surface area contributed by atoms with E-state index < -0.39 is 0 Å². The third-order valence-corrected chi connectivity index (χ3v) is 2.99. The minimum Gasteiger partial charge on any atom is -0.469 e. The van der Waals surface area contributed by atoms with E-state index in [1.807, 2.05) is 6.92 Å². The summed E-state index contributed by atoms with van der Waals surface area (Å²) in [5.74, 6) is -0.207. The minimum atomic E-state index is -0.139. The molecular formula is C15H22O2. The van der Waals surface area contributed by atoms with Crippen LogP contribution in [0.5, 0.6) is 0 Å². The maximum Gasteiger partial charge on any atom is 0.308 e. The van der Waals surface area contributed by atoms with Crippen LogP contribution >= 0.6 is 0 Å². The van der Waals surface area contributed by atoms with Gasteiger partial charge in [0.1, 0.15) is 0 Å². The van der Waals surface area contributed by atoms with E-state index in [4.69, 9.17) is 4.74 Å². The molecule has 1 rings (SSSR count). The van der Waals surface area contributed by atoms with Crippen molar-refractivity contribution in [2.24, 2.45) is 5.92 Å². The van der Waals surface area contributed by atoms with E-state index in [9.17, 15) is 4.79 Å². The smallest absolute Gasteiger partial charge is 0.308 e. The van der Waals surface area contributed by atoms with Crippen molar-refractivity contribution in [1.29, 1.82) is 0 Å². The Balaban J connectivity index is 2.53. The molecule has 1 aromatic rings. The summed E-state index contributed by atoms with van der Waals surface area (Å²) < 4.78 is 4.72. The van der Waals surface area contributed by atoms with E-state index in [1.165, 1.54) is 31.1 Å². The molecule has 0 saturated heterocycles. The normalized spacial score (nSPS) is 12.2. The number of unbranched alkanes of at least 4 members (excludes halogenated alkanes) is 1. The molecule has 17 heavy (non-hydrogen) atoms. The first-order valence-electron chi connectivity index (χ1n) is 6.33. The topological polar surface area (TPSA) is 26.3 Å². The Kier molecular flexibility index (Phi) is 5.75. The van der Waals surface area contributed by atoms with Crippen LogP contribution in [-0.2, 0) is 22.4 Å². The summed E-state index contributed by atoms with van der Waals surface area (Å²) in [4.78, 5) is 11.3. The highest BCUT2D eigenvalue weighted by Gasteiger charge is 2.13. The lowest BCUT2D eigenvalue weighted by molar-refractivity contribution is -0.144. The zero-order valence-corrected chi connectivity index (χ0v) is 11.0. The Labute approximate surface area is 104 Å². The van der Waals surface area contributed by atoms with Gasteiger partial charge in [-0.1, -0.05) is 44.5 Å². The summed E-state index contributed by atoms with van der Waals surface area (Å²) in [6, 6.07) is 8.55. The summed E-state index contributed by atoms with van der Waals surface area (Å²) in [6.45, 7) is 4.10. The van der Waals surface area contributed by atoms with Crippen molar-refractivity contribution in [3.63, 3.8) is 0 Å². The average molecular weight is 234 g/mol. The molecule has 0 aromatic heterocycles. The Bertz CT molecular complexity index is 340. The van der Waals surface area contributed by atoms with Gasteiger partial charge in [-0.2, -0.15) is 0 Å². The van der Waals surface area contributed by atoms with Crippen molar-refractivity contribution < 1.29 is 9.53 Å². The van der Waals surface area contributed by atoms with Crippen molar-refractivity contribution in [3.05, 3.63) is 35.4 Å². The fourth-order valence-electron chi connectivity index (χ4n) is 1.86. The molecule has 1 aromatic carbocycles. The molecule has 0 heterocycles. The maximum absolute atomic E-state index is 11.3. The molecule has 0 aliphatic carbocycles. The monoisotopic (exact) mass is 234 g/mol. The molecule has 0 saturated carbocycles. The number of aryl methyl sites for hydroxylation is 1. The van der Waals surface area contributed by atoms with Crippen molar-refractivity contribution in [3.8, 4) is 0 Å². The number of carbonyl (C=O) groups is 1. The van der Waals surface area contributed by atoms with E-state index in [0.717, 1.165) is 12.8 Å². The van der Waals surface area contributed by atoms with Gasteiger partial charge in [0.15, 0.2) is 0 Å². The molecule has 1 atom stereocenters. The van der Waals surface area contributed by atoms with Gasteiger partial charge in [-0.05, 0) is 30.4 Å². The molecule has 94 valence electrons. The maximum atomic E-state index is 11.3. The number of methoxy groups -OCH3 is 1. The second-order valence-electron chi connectivity index (χ2n) is 4.55. The minimum absolute atomic E-state index is 0.0681. The third kappa shape index (κ3) is 4.59. The van der Waals surface area contributed by atoms with Gasteiger partial charge in [-0.25, -0.2) is 0 Å². The van der Waals surface area contributed by atoms with Gasteiger partial charge >= 0.3 is 5.97 Å². The Morgan fingerprint density at radius 3 is 2.35 bits per heavy atom. The second-order valence-corrected chi connectivity index (χ2v) is 4.55. The van der Waals surface area contributed by atoms with E-state index >= 15 is 0 Å². The van der Waals surface area contributed by atoms with Gasteiger partial charge in [-0.3, -0.25) is 4.79 Å². The highest BCUT2D eigenvalue weighted by atomic mass is 16.5. The van der Waals surface area contributed by atoms with Crippen LogP contribution in [0.4, 0.5) is 0 Å². The van der Waals surface area contributed by atoms with Gasteiger partial charge in [0, 0.05) is 0 Å². The number of hydrogen-bond donors (Lipinski definition) is 0. The van der Waals surface area contributed by atoms with E-state index in [-0.39, 0.29) is 11.9 Å². The lowest BCUT2D eigenvalue weighted by atomic mass is 9.99.